The highest BCUT2D eigenvalue weighted by molar-refractivity contribution is 7.80. The second-order valence-corrected chi connectivity index (χ2v) is 3.98. The number of hydrogen-bond donors (Lipinski definition) is 3. The number of urea groups is 1. The highest BCUT2D eigenvalue weighted by atomic mass is 32.1. The summed E-state index contributed by atoms with van der Waals surface area (Å²) in [6.07, 6.45) is 2.15. The molecule has 0 bridgehead atoms. The molecule has 0 atom stereocenters. The molecule has 1 heterocycles. The number of carbonyl (C=O) groups excluding carboxylic acids is 1. The van der Waals surface area contributed by atoms with Crippen LogP contribution in [0.2, 0.25) is 0 Å². The zero-order valence-corrected chi connectivity index (χ0v) is 10.4. The first-order chi connectivity index (χ1) is 7.63. The van der Waals surface area contributed by atoms with Gasteiger partial charge in [-0.05, 0) is 25.6 Å². The molecular weight excluding hydrogens is 226 g/mol. The van der Waals surface area contributed by atoms with Crippen LogP contribution in [0.5, 0.6) is 0 Å². The molecule has 0 saturated heterocycles. The van der Waals surface area contributed by atoms with E-state index in [1.807, 2.05) is 6.92 Å². The van der Waals surface area contributed by atoms with Gasteiger partial charge in [-0.25, -0.2) is 15.2 Å². The predicted molar refractivity (Wildman–Crippen MR) is 67.0 cm³/mol. The van der Waals surface area contributed by atoms with Crippen molar-refractivity contribution in [2.45, 2.75) is 26.7 Å². The molecule has 1 rings (SSSR count). The number of nitrogens with zero attached hydrogens (tertiary/aromatic N) is 2. The molecule has 6 nitrogen and oxygen atoms in total. The van der Waals surface area contributed by atoms with Crippen molar-refractivity contribution in [3.8, 4) is 0 Å². The van der Waals surface area contributed by atoms with E-state index in [-0.39, 0.29) is 6.03 Å². The van der Waals surface area contributed by atoms with Crippen LogP contribution in [-0.4, -0.2) is 35.0 Å². The lowest BCUT2D eigenvalue weighted by atomic mass is 10.3. The minimum Gasteiger partial charge on any atom is -0.361 e. The van der Waals surface area contributed by atoms with Gasteiger partial charge in [-0.1, -0.05) is 13.3 Å². The molecule has 0 aromatic rings. The quantitative estimate of drug-likeness (QED) is 0.499. The Hall–Kier alpha value is -1.37. The van der Waals surface area contributed by atoms with E-state index < -0.39 is 0 Å². The molecule has 1 aliphatic heterocycles. The lowest BCUT2D eigenvalue weighted by molar-refractivity contribution is 0.191. The molecule has 0 radical (unpaired) electrons. The van der Waals surface area contributed by atoms with E-state index >= 15 is 0 Å². The van der Waals surface area contributed by atoms with E-state index in [4.69, 9.17) is 12.2 Å². The van der Waals surface area contributed by atoms with Crippen molar-refractivity contribution in [2.24, 2.45) is 5.10 Å². The van der Waals surface area contributed by atoms with Crippen LogP contribution in [-0.2, 0) is 0 Å². The normalized spacial score (nSPS) is 15.2. The molecule has 0 aliphatic carbocycles. The Morgan fingerprint density at radius 2 is 2.44 bits per heavy atom. The molecule has 0 spiro atoms. The van der Waals surface area contributed by atoms with Crippen LogP contribution < -0.4 is 16.2 Å². The molecule has 1 aliphatic rings. The van der Waals surface area contributed by atoms with Crippen molar-refractivity contribution in [3.63, 3.8) is 0 Å². The Morgan fingerprint density at radius 3 is 3.12 bits per heavy atom. The van der Waals surface area contributed by atoms with E-state index in [9.17, 15) is 4.79 Å². The molecule has 7 heteroatoms. The van der Waals surface area contributed by atoms with E-state index in [1.165, 1.54) is 5.01 Å². The van der Waals surface area contributed by atoms with Crippen LogP contribution in [0, 0.1) is 0 Å². The van der Waals surface area contributed by atoms with Crippen LogP contribution >= 0.6 is 12.2 Å². The molecule has 0 unspecified atom stereocenters. The highest BCUT2D eigenvalue weighted by Gasteiger charge is 2.18. The third-order valence-corrected chi connectivity index (χ3v) is 2.26. The lowest BCUT2D eigenvalue weighted by Crippen LogP contribution is -2.56. The van der Waals surface area contributed by atoms with E-state index in [0.717, 1.165) is 25.1 Å². The van der Waals surface area contributed by atoms with Crippen molar-refractivity contribution in [2.75, 3.05) is 13.1 Å². The molecule has 16 heavy (non-hydrogen) atoms. The zero-order chi connectivity index (χ0) is 12.0. The van der Waals surface area contributed by atoms with Crippen molar-refractivity contribution in [1.82, 2.24) is 21.2 Å². The average Bonchev–Trinajstić information content (AvgIpc) is 2.24. The molecule has 0 aromatic heterocycles. The summed E-state index contributed by atoms with van der Waals surface area (Å²) in [6, 6.07) is -0.301. The summed E-state index contributed by atoms with van der Waals surface area (Å²) < 4.78 is 0. The zero-order valence-electron chi connectivity index (χ0n) is 9.54. The third kappa shape index (κ3) is 4.01. The molecule has 2 amide bonds. The van der Waals surface area contributed by atoms with Crippen LogP contribution in [0.1, 0.15) is 26.7 Å². The summed E-state index contributed by atoms with van der Waals surface area (Å²) in [7, 11) is 0. The van der Waals surface area contributed by atoms with Crippen LogP contribution in [0.25, 0.3) is 0 Å². The largest absolute Gasteiger partial charge is 0.361 e. The maximum atomic E-state index is 11.4. The van der Waals surface area contributed by atoms with Crippen LogP contribution in [0.15, 0.2) is 5.10 Å². The number of unbranched alkanes of at least 4 members (excludes halogenated alkanes) is 1. The minimum absolute atomic E-state index is 0.301. The summed E-state index contributed by atoms with van der Waals surface area (Å²) in [4.78, 5) is 11.4. The highest BCUT2D eigenvalue weighted by Crippen LogP contribution is 1.93. The molecule has 0 aromatic carbocycles. The van der Waals surface area contributed by atoms with Gasteiger partial charge < -0.3 is 5.32 Å². The Balaban J connectivity index is 2.33. The van der Waals surface area contributed by atoms with E-state index in [1.54, 1.807) is 0 Å². The maximum Gasteiger partial charge on any atom is 0.356 e. The smallest absolute Gasteiger partial charge is 0.356 e. The van der Waals surface area contributed by atoms with Crippen molar-refractivity contribution < 1.29 is 4.79 Å². The van der Waals surface area contributed by atoms with Crippen LogP contribution in [0.3, 0.4) is 0 Å². The SMILES string of the molecule is CCCCNC(=S)NN1CC(C)=NNC1=O. The lowest BCUT2D eigenvalue weighted by Gasteiger charge is -2.26. The summed E-state index contributed by atoms with van der Waals surface area (Å²) in [5, 5.41) is 8.69. The summed E-state index contributed by atoms with van der Waals surface area (Å²) >= 11 is 5.06. The number of hydrogen-bond acceptors (Lipinski definition) is 3. The fraction of sp³-hybridized carbons (Fsp3) is 0.667. The third-order valence-electron chi connectivity index (χ3n) is 2.03. The summed E-state index contributed by atoms with van der Waals surface area (Å²) in [6.45, 7) is 5.18. The first-order valence-electron chi connectivity index (χ1n) is 5.28. The van der Waals surface area contributed by atoms with Gasteiger partial charge in [-0.15, -0.1) is 0 Å². The second kappa shape index (κ2) is 6.26. The molecule has 0 fully saturated rings. The van der Waals surface area contributed by atoms with Gasteiger partial charge in [0.05, 0.1) is 12.3 Å². The number of amides is 2. The molecule has 90 valence electrons. The standard InChI is InChI=1S/C9H17N5OS/c1-3-4-5-10-8(16)13-14-6-7(2)11-12-9(14)15/h3-6H2,1-2H3,(H,12,15)(H2,10,13,16). The van der Waals surface area contributed by atoms with Gasteiger partial charge in [0.2, 0.25) is 0 Å². The Bertz CT molecular complexity index is 304. The number of carbonyl (C=O) groups is 1. The fourth-order valence-electron chi connectivity index (χ4n) is 1.17. The minimum atomic E-state index is -0.301. The van der Waals surface area contributed by atoms with Crippen molar-refractivity contribution in [1.29, 1.82) is 0 Å². The number of hydrazine groups is 1. The van der Waals surface area contributed by atoms with Gasteiger partial charge in [0.15, 0.2) is 5.11 Å². The fourth-order valence-corrected chi connectivity index (χ4v) is 1.38. The first-order valence-corrected chi connectivity index (χ1v) is 5.69. The van der Waals surface area contributed by atoms with Crippen molar-refractivity contribution >= 4 is 29.1 Å². The Labute approximate surface area is 100 Å². The van der Waals surface area contributed by atoms with Gasteiger partial charge in [0.25, 0.3) is 0 Å². The van der Waals surface area contributed by atoms with Gasteiger partial charge in [0.1, 0.15) is 0 Å². The van der Waals surface area contributed by atoms with Gasteiger partial charge in [0, 0.05) is 6.54 Å². The molecule has 3 N–H and O–H groups in total. The Morgan fingerprint density at radius 1 is 1.69 bits per heavy atom. The number of thiocarbonyl (C=S) groups is 1. The average molecular weight is 243 g/mol. The van der Waals surface area contributed by atoms with Crippen LogP contribution in [0.4, 0.5) is 4.79 Å². The van der Waals surface area contributed by atoms with Crippen molar-refractivity contribution in [3.05, 3.63) is 0 Å². The van der Waals surface area contributed by atoms with Gasteiger partial charge in [-0.3, -0.25) is 5.43 Å². The monoisotopic (exact) mass is 243 g/mol. The number of hydrazone groups is 1. The number of rotatable bonds is 4. The predicted octanol–water partition coefficient (Wildman–Crippen LogP) is 0.567. The van der Waals surface area contributed by atoms with Gasteiger partial charge in [-0.2, -0.15) is 5.10 Å². The van der Waals surface area contributed by atoms with Gasteiger partial charge >= 0.3 is 6.03 Å². The summed E-state index contributed by atoms with van der Waals surface area (Å²) in [5.41, 5.74) is 6.02. The maximum absolute atomic E-state index is 11.4. The first kappa shape index (κ1) is 12.7. The molecular formula is C9H17N5OS. The van der Waals surface area contributed by atoms with E-state index in [0.29, 0.717) is 11.7 Å². The topological polar surface area (TPSA) is 68.8 Å². The second-order valence-electron chi connectivity index (χ2n) is 3.57. The number of nitrogens with one attached hydrogen (secondary N) is 3. The van der Waals surface area contributed by atoms with E-state index in [2.05, 4.69) is 28.2 Å². The molecule has 0 saturated carbocycles. The Kier molecular flexibility index (Phi) is 4.97. The summed E-state index contributed by atoms with van der Waals surface area (Å²) in [5.74, 6) is 0.